The Morgan fingerprint density at radius 3 is 2.32 bits per heavy atom. The zero-order valence-corrected chi connectivity index (χ0v) is 18.4. The molecule has 1 aromatic heterocycles. The van der Waals surface area contributed by atoms with E-state index in [1.165, 1.54) is 16.0 Å². The zero-order chi connectivity index (χ0) is 21.2. The molecule has 1 atom stereocenters. The Kier molecular flexibility index (Phi) is 5.35. The Hall–Kier alpha value is -3.31. The Labute approximate surface area is 187 Å². The van der Waals surface area contributed by atoms with Gasteiger partial charge < -0.3 is 5.43 Å². The number of hydrogen-bond acceptors (Lipinski definition) is 4. The summed E-state index contributed by atoms with van der Waals surface area (Å²) in [6, 6.07) is 27.5. The first-order valence-electron chi connectivity index (χ1n) is 10.4. The zero-order valence-electron chi connectivity index (χ0n) is 17.6. The van der Waals surface area contributed by atoms with Gasteiger partial charge in [-0.3, -0.25) is 0 Å². The van der Waals surface area contributed by atoms with Crippen molar-refractivity contribution in [1.82, 2.24) is 15.2 Å². The summed E-state index contributed by atoms with van der Waals surface area (Å²) in [5.41, 5.74) is 11.2. The molecule has 154 valence electrons. The van der Waals surface area contributed by atoms with Crippen molar-refractivity contribution in [3.05, 3.63) is 102 Å². The van der Waals surface area contributed by atoms with E-state index in [-0.39, 0.29) is 6.04 Å². The molecule has 0 radical (unpaired) electrons. The summed E-state index contributed by atoms with van der Waals surface area (Å²) >= 11 is 1.75. The van der Waals surface area contributed by atoms with Gasteiger partial charge in [0.15, 0.2) is 0 Å². The van der Waals surface area contributed by atoms with Crippen LogP contribution >= 0.6 is 11.8 Å². The molecule has 1 aliphatic rings. The number of thioether (sulfide) groups is 1. The fourth-order valence-electron chi connectivity index (χ4n) is 3.88. The van der Waals surface area contributed by atoms with Crippen molar-refractivity contribution >= 4 is 17.5 Å². The molecular formula is C26H24N4S. The lowest BCUT2D eigenvalue weighted by atomic mass is 9.97. The highest BCUT2D eigenvalue weighted by atomic mass is 32.2. The number of aryl methyl sites for hydroxylation is 1. The van der Waals surface area contributed by atoms with Crippen LogP contribution in [-0.4, -0.2) is 21.7 Å². The van der Waals surface area contributed by atoms with Gasteiger partial charge in [-0.15, -0.1) is 11.8 Å². The van der Waals surface area contributed by atoms with Crippen molar-refractivity contribution in [2.75, 3.05) is 6.26 Å². The van der Waals surface area contributed by atoms with Gasteiger partial charge in [-0.1, -0.05) is 60.2 Å². The standard InChI is InChI=1S/C26H24N4S/c1-18-8-10-19(11-9-18)24-16-25(28-27-24)23-17-30(21-6-4-3-5-7-21)29-26(23)20-12-14-22(31-2)15-13-20/h3-15,17,25,28H,16H2,1-2H3. The van der Waals surface area contributed by atoms with Crippen LogP contribution in [0, 0.1) is 6.92 Å². The Bertz CT molecular complexity index is 1210. The van der Waals surface area contributed by atoms with Gasteiger partial charge in [-0.05, 0) is 43.0 Å². The Morgan fingerprint density at radius 2 is 1.61 bits per heavy atom. The topological polar surface area (TPSA) is 42.2 Å². The Morgan fingerprint density at radius 1 is 0.903 bits per heavy atom. The van der Waals surface area contributed by atoms with Crippen LogP contribution in [0.5, 0.6) is 0 Å². The lowest BCUT2D eigenvalue weighted by Gasteiger charge is -2.10. The van der Waals surface area contributed by atoms with Crippen LogP contribution in [0.25, 0.3) is 16.9 Å². The van der Waals surface area contributed by atoms with E-state index in [1.807, 2.05) is 22.9 Å². The predicted octanol–water partition coefficient (Wildman–Crippen LogP) is 6.01. The molecule has 0 spiro atoms. The number of aromatic nitrogens is 2. The minimum Gasteiger partial charge on any atom is -0.302 e. The molecule has 1 aliphatic heterocycles. The van der Waals surface area contributed by atoms with E-state index in [9.17, 15) is 0 Å². The molecular weight excluding hydrogens is 400 g/mol. The second kappa shape index (κ2) is 8.44. The second-order valence-electron chi connectivity index (χ2n) is 7.75. The van der Waals surface area contributed by atoms with Crippen molar-refractivity contribution < 1.29 is 0 Å². The number of hydrazone groups is 1. The van der Waals surface area contributed by atoms with Crippen molar-refractivity contribution in [3.63, 3.8) is 0 Å². The van der Waals surface area contributed by atoms with E-state index in [0.717, 1.165) is 34.6 Å². The van der Waals surface area contributed by atoms with E-state index >= 15 is 0 Å². The molecule has 5 heteroatoms. The minimum absolute atomic E-state index is 0.0870. The fourth-order valence-corrected chi connectivity index (χ4v) is 4.29. The van der Waals surface area contributed by atoms with Crippen LogP contribution in [0.3, 0.4) is 0 Å². The summed E-state index contributed by atoms with van der Waals surface area (Å²) in [6.07, 6.45) is 5.06. The summed E-state index contributed by atoms with van der Waals surface area (Å²) in [5.74, 6) is 0. The summed E-state index contributed by atoms with van der Waals surface area (Å²) in [6.45, 7) is 2.11. The third-order valence-corrected chi connectivity index (χ3v) is 6.38. The molecule has 4 nitrogen and oxygen atoms in total. The SMILES string of the molecule is CSc1ccc(-c2nn(-c3ccccc3)cc2C2CC(c3ccc(C)cc3)=NN2)cc1. The van der Waals surface area contributed by atoms with E-state index < -0.39 is 0 Å². The molecule has 5 rings (SSSR count). The molecule has 0 amide bonds. The third kappa shape index (κ3) is 4.01. The molecule has 0 saturated carbocycles. The van der Waals surface area contributed by atoms with E-state index in [0.29, 0.717) is 0 Å². The normalized spacial score (nSPS) is 15.5. The van der Waals surface area contributed by atoms with Crippen LogP contribution in [0.2, 0.25) is 0 Å². The molecule has 1 unspecified atom stereocenters. The maximum Gasteiger partial charge on any atom is 0.0981 e. The quantitative estimate of drug-likeness (QED) is 0.399. The molecule has 3 aromatic carbocycles. The summed E-state index contributed by atoms with van der Waals surface area (Å²) in [5, 5.41) is 9.64. The summed E-state index contributed by atoms with van der Waals surface area (Å²) < 4.78 is 1.97. The van der Waals surface area contributed by atoms with Gasteiger partial charge in [0.2, 0.25) is 0 Å². The third-order valence-electron chi connectivity index (χ3n) is 5.64. The van der Waals surface area contributed by atoms with Crippen LogP contribution in [-0.2, 0) is 0 Å². The first-order valence-corrected chi connectivity index (χ1v) is 11.6. The van der Waals surface area contributed by atoms with Gasteiger partial charge >= 0.3 is 0 Å². The maximum absolute atomic E-state index is 4.98. The van der Waals surface area contributed by atoms with Gasteiger partial charge in [-0.2, -0.15) is 10.2 Å². The van der Waals surface area contributed by atoms with Crippen LogP contribution in [0.15, 0.2) is 95.1 Å². The number of benzene rings is 3. The predicted molar refractivity (Wildman–Crippen MR) is 129 cm³/mol. The second-order valence-corrected chi connectivity index (χ2v) is 8.63. The first kappa shape index (κ1) is 19.6. The summed E-state index contributed by atoms with van der Waals surface area (Å²) in [4.78, 5) is 1.25. The maximum atomic E-state index is 4.98. The number of rotatable bonds is 5. The molecule has 2 heterocycles. The van der Waals surface area contributed by atoms with E-state index in [2.05, 4.69) is 90.6 Å². The number of hydrogen-bond donors (Lipinski definition) is 1. The molecule has 1 N–H and O–H groups in total. The average Bonchev–Trinajstić information content (AvgIpc) is 3.48. The first-order chi connectivity index (χ1) is 15.2. The van der Waals surface area contributed by atoms with Crippen molar-refractivity contribution in [2.45, 2.75) is 24.3 Å². The Balaban J connectivity index is 1.51. The van der Waals surface area contributed by atoms with Crippen molar-refractivity contribution in [1.29, 1.82) is 0 Å². The highest BCUT2D eigenvalue weighted by Gasteiger charge is 2.26. The van der Waals surface area contributed by atoms with Gasteiger partial charge in [-0.25, -0.2) is 4.68 Å². The molecule has 0 fully saturated rings. The minimum atomic E-state index is 0.0870. The molecule has 0 bridgehead atoms. The van der Waals surface area contributed by atoms with Gasteiger partial charge in [0, 0.05) is 28.6 Å². The molecule has 4 aromatic rings. The van der Waals surface area contributed by atoms with Crippen LogP contribution < -0.4 is 5.43 Å². The largest absolute Gasteiger partial charge is 0.302 e. The van der Waals surface area contributed by atoms with Gasteiger partial charge in [0.25, 0.3) is 0 Å². The fraction of sp³-hybridized carbons (Fsp3) is 0.154. The number of nitrogens with zero attached hydrogens (tertiary/aromatic N) is 3. The van der Waals surface area contributed by atoms with Gasteiger partial charge in [0.05, 0.1) is 23.1 Å². The van der Waals surface area contributed by atoms with E-state index in [1.54, 1.807) is 11.8 Å². The summed E-state index contributed by atoms with van der Waals surface area (Å²) in [7, 11) is 0. The van der Waals surface area contributed by atoms with Crippen LogP contribution in [0.1, 0.15) is 29.2 Å². The van der Waals surface area contributed by atoms with Crippen LogP contribution in [0.4, 0.5) is 0 Å². The molecule has 0 saturated heterocycles. The monoisotopic (exact) mass is 424 g/mol. The smallest absolute Gasteiger partial charge is 0.0981 e. The number of para-hydroxylation sites is 1. The van der Waals surface area contributed by atoms with Gasteiger partial charge in [0.1, 0.15) is 0 Å². The lowest BCUT2D eigenvalue weighted by molar-refractivity contribution is 0.621. The highest BCUT2D eigenvalue weighted by molar-refractivity contribution is 7.98. The molecule has 31 heavy (non-hydrogen) atoms. The lowest BCUT2D eigenvalue weighted by Crippen LogP contribution is -2.10. The van der Waals surface area contributed by atoms with E-state index in [4.69, 9.17) is 5.10 Å². The van der Waals surface area contributed by atoms with Crippen molar-refractivity contribution in [3.8, 4) is 16.9 Å². The number of nitrogens with one attached hydrogen (secondary N) is 1. The highest BCUT2D eigenvalue weighted by Crippen LogP contribution is 2.33. The van der Waals surface area contributed by atoms with Crippen molar-refractivity contribution in [2.24, 2.45) is 5.10 Å². The average molecular weight is 425 g/mol. The molecule has 0 aliphatic carbocycles.